The monoisotopic (exact) mass is 521 g/mol. The molecule has 1 saturated heterocycles. The van der Waals surface area contributed by atoms with Gasteiger partial charge in [-0.3, -0.25) is 14.5 Å². The van der Waals surface area contributed by atoms with Crippen LogP contribution in [0.1, 0.15) is 61.1 Å². The van der Waals surface area contributed by atoms with Gasteiger partial charge in [-0.05, 0) is 43.2 Å². The number of nitriles is 1. The molecule has 3 amide bonds. The van der Waals surface area contributed by atoms with Crippen LogP contribution in [0.5, 0.6) is 0 Å². The molecule has 6 rings (SSSR count). The zero-order valence-electron chi connectivity index (χ0n) is 20.2. The summed E-state index contributed by atoms with van der Waals surface area (Å²) < 4.78 is 11.0. The number of ether oxygens (including phenoxy) is 1. The van der Waals surface area contributed by atoms with Crippen molar-refractivity contribution in [2.45, 2.75) is 61.5 Å². The number of carbonyl (C=O) groups excluding carboxylic acids is 3. The van der Waals surface area contributed by atoms with Gasteiger partial charge in [-0.1, -0.05) is 43.2 Å². The van der Waals surface area contributed by atoms with Crippen LogP contribution >= 0.6 is 11.8 Å². The van der Waals surface area contributed by atoms with Gasteiger partial charge in [0.05, 0.1) is 18.3 Å². The number of hydrogen-bond acceptors (Lipinski definition) is 8. The summed E-state index contributed by atoms with van der Waals surface area (Å²) in [5.74, 6) is -0.601. The van der Waals surface area contributed by atoms with Crippen LogP contribution in [0.4, 0.5) is 4.79 Å². The average molecular weight is 522 g/mol. The van der Waals surface area contributed by atoms with Gasteiger partial charge >= 0.3 is 6.09 Å². The Morgan fingerprint density at radius 1 is 1.14 bits per heavy atom. The van der Waals surface area contributed by atoms with Gasteiger partial charge in [0.15, 0.2) is 11.3 Å². The number of nitrogens with zero attached hydrogens (tertiary/aromatic N) is 2. The molecule has 1 atom stereocenters. The lowest BCUT2D eigenvalue weighted by molar-refractivity contribution is -0.129. The molecule has 37 heavy (non-hydrogen) atoms. The molecule has 1 aromatic heterocycles. The van der Waals surface area contributed by atoms with Gasteiger partial charge < -0.3 is 25.1 Å². The highest BCUT2D eigenvalue weighted by atomic mass is 32.2. The first kappa shape index (κ1) is 23.7. The smallest absolute Gasteiger partial charge is 0.412 e. The molecule has 4 aliphatic rings. The van der Waals surface area contributed by atoms with E-state index in [1.807, 2.05) is 23.6 Å². The Morgan fingerprint density at radius 3 is 2.65 bits per heavy atom. The minimum absolute atomic E-state index is 0.131. The fourth-order valence-corrected chi connectivity index (χ4v) is 6.14. The van der Waals surface area contributed by atoms with E-state index in [0.29, 0.717) is 44.4 Å². The highest BCUT2D eigenvalue weighted by Crippen LogP contribution is 2.37. The first-order valence-corrected chi connectivity index (χ1v) is 13.5. The Bertz CT molecular complexity index is 1350. The highest BCUT2D eigenvalue weighted by Gasteiger charge is 2.50. The summed E-state index contributed by atoms with van der Waals surface area (Å²) >= 11 is 1.49. The van der Waals surface area contributed by atoms with E-state index >= 15 is 0 Å². The van der Waals surface area contributed by atoms with Crippen molar-refractivity contribution >= 4 is 46.3 Å². The van der Waals surface area contributed by atoms with Gasteiger partial charge in [0.1, 0.15) is 23.3 Å². The van der Waals surface area contributed by atoms with Gasteiger partial charge in [0.2, 0.25) is 5.91 Å². The van der Waals surface area contributed by atoms with Crippen LogP contribution in [0.2, 0.25) is 0 Å². The van der Waals surface area contributed by atoms with Crippen molar-refractivity contribution in [3.05, 3.63) is 41.0 Å². The van der Waals surface area contributed by atoms with E-state index in [9.17, 15) is 19.6 Å². The Hall–Kier alpha value is -3.65. The summed E-state index contributed by atoms with van der Waals surface area (Å²) in [4.78, 5) is 40.0. The molecular formula is C26H27N5O5S. The fourth-order valence-electron chi connectivity index (χ4n) is 5.14. The number of cyclic esters (lactones) is 1. The molecule has 2 saturated carbocycles. The lowest BCUT2D eigenvalue weighted by Gasteiger charge is -2.37. The van der Waals surface area contributed by atoms with Gasteiger partial charge in [-0.15, -0.1) is 0 Å². The molecule has 3 N–H and O–H groups in total. The maximum absolute atomic E-state index is 13.3. The molecule has 0 radical (unpaired) electrons. The molecule has 0 bridgehead atoms. The maximum Gasteiger partial charge on any atom is 0.412 e. The van der Waals surface area contributed by atoms with Crippen LogP contribution in [-0.4, -0.2) is 52.5 Å². The molecule has 10 nitrogen and oxygen atoms in total. The number of carbonyl (C=O) groups is 3. The lowest BCUT2D eigenvalue weighted by Crippen LogP contribution is -2.61. The molecule has 1 unspecified atom stereocenters. The summed E-state index contributed by atoms with van der Waals surface area (Å²) in [6.45, 7) is 0.926. The highest BCUT2D eigenvalue weighted by molar-refractivity contribution is 8.03. The van der Waals surface area contributed by atoms with Gasteiger partial charge in [0, 0.05) is 10.9 Å². The number of fused-ring (bicyclic) bond motifs is 1. The zero-order valence-corrected chi connectivity index (χ0v) is 21.0. The molecule has 1 aromatic carbocycles. The summed E-state index contributed by atoms with van der Waals surface area (Å²) in [5.41, 5.74) is 0.189. The van der Waals surface area contributed by atoms with Crippen molar-refractivity contribution in [3.8, 4) is 6.07 Å². The topological polar surface area (TPSA) is 137 Å². The first-order valence-electron chi connectivity index (χ1n) is 12.6. The van der Waals surface area contributed by atoms with E-state index in [1.165, 1.54) is 11.8 Å². The second kappa shape index (κ2) is 9.03. The van der Waals surface area contributed by atoms with Crippen molar-refractivity contribution in [1.82, 2.24) is 20.9 Å². The van der Waals surface area contributed by atoms with Crippen molar-refractivity contribution in [2.24, 2.45) is 0 Å². The number of nitrogens with one attached hydrogen (secondary N) is 3. The number of furan rings is 1. The summed E-state index contributed by atoms with van der Waals surface area (Å²) in [6.07, 6.45) is 4.65. The van der Waals surface area contributed by atoms with Crippen LogP contribution in [0.15, 0.2) is 34.1 Å². The number of benzene rings is 1. The second-order valence-corrected chi connectivity index (χ2v) is 11.0. The molecule has 11 heteroatoms. The molecule has 192 valence electrons. The van der Waals surface area contributed by atoms with E-state index in [-0.39, 0.29) is 23.3 Å². The third-order valence-electron chi connectivity index (χ3n) is 7.54. The Morgan fingerprint density at radius 2 is 1.95 bits per heavy atom. The number of rotatable bonds is 6. The van der Waals surface area contributed by atoms with Gasteiger partial charge in [-0.2, -0.15) is 5.26 Å². The minimum atomic E-state index is -1.05. The van der Waals surface area contributed by atoms with Crippen LogP contribution in [-0.2, 0) is 9.53 Å². The molecule has 2 aromatic rings. The normalized spacial score (nSPS) is 23.5. The van der Waals surface area contributed by atoms with Crippen molar-refractivity contribution in [2.75, 3.05) is 13.2 Å². The van der Waals surface area contributed by atoms with E-state index in [0.717, 1.165) is 35.9 Å². The van der Waals surface area contributed by atoms with Gasteiger partial charge in [0.25, 0.3) is 5.91 Å². The fraction of sp³-hybridized carbons (Fsp3) is 0.462. The Labute approximate surface area is 217 Å². The van der Waals surface area contributed by atoms with Crippen LogP contribution < -0.4 is 16.0 Å². The second-order valence-electron chi connectivity index (χ2n) is 10.1. The molecule has 2 aliphatic heterocycles. The van der Waals surface area contributed by atoms with Crippen molar-refractivity contribution in [3.63, 3.8) is 0 Å². The van der Waals surface area contributed by atoms with Gasteiger partial charge in [-0.25, -0.2) is 4.79 Å². The molecule has 3 fully saturated rings. The van der Waals surface area contributed by atoms with Crippen molar-refractivity contribution in [1.29, 1.82) is 5.26 Å². The molecular weight excluding hydrogens is 494 g/mol. The standard InChI is InChI=1S/C26H27N5O5S/c27-15-25(8-9-25)30-22(33)26(6-2-1-3-7-26)29-21(32)20-13-17-5-4-16(12-19(17)36-20)18-14-37-23(28-18)31-10-11-35-24(31)34/h4-5,12-14,23,28H,1-3,6-11H2,(H,29,32)(H,30,33). The summed E-state index contributed by atoms with van der Waals surface area (Å²) in [7, 11) is 0. The summed E-state index contributed by atoms with van der Waals surface area (Å²) in [5, 5.41) is 21.3. The predicted octanol–water partition coefficient (Wildman–Crippen LogP) is 3.41. The zero-order chi connectivity index (χ0) is 25.6. The van der Waals surface area contributed by atoms with Crippen molar-refractivity contribution < 1.29 is 23.5 Å². The molecule has 0 spiro atoms. The Kier molecular flexibility index (Phi) is 5.79. The third-order valence-corrected chi connectivity index (χ3v) is 8.54. The van der Waals surface area contributed by atoms with E-state index in [2.05, 4.69) is 22.0 Å². The predicted molar refractivity (Wildman–Crippen MR) is 136 cm³/mol. The van der Waals surface area contributed by atoms with E-state index in [1.54, 1.807) is 11.0 Å². The number of amides is 3. The largest absolute Gasteiger partial charge is 0.451 e. The lowest BCUT2D eigenvalue weighted by atomic mass is 9.80. The molecule has 2 aliphatic carbocycles. The minimum Gasteiger partial charge on any atom is -0.451 e. The third kappa shape index (κ3) is 4.39. The first-order chi connectivity index (χ1) is 17.9. The summed E-state index contributed by atoms with van der Waals surface area (Å²) in [6, 6.07) is 9.52. The SMILES string of the molecule is N#CC1(NC(=O)C2(NC(=O)c3cc4ccc(C5=CSC(N6CCOC6=O)N5)cc4o3)CCCCC2)CC1. The Balaban J connectivity index is 1.18. The number of hydrogen-bond donors (Lipinski definition) is 3. The van der Waals surface area contributed by atoms with Crippen LogP contribution in [0.3, 0.4) is 0 Å². The van der Waals surface area contributed by atoms with E-state index < -0.39 is 17.0 Å². The number of thioether (sulfide) groups is 1. The molecule has 3 heterocycles. The quantitative estimate of drug-likeness (QED) is 0.526. The van der Waals surface area contributed by atoms with Crippen LogP contribution in [0, 0.1) is 11.3 Å². The maximum atomic E-state index is 13.3. The van der Waals surface area contributed by atoms with E-state index in [4.69, 9.17) is 9.15 Å². The van der Waals surface area contributed by atoms with Crippen LogP contribution in [0.25, 0.3) is 16.7 Å². The average Bonchev–Trinajstić information content (AvgIpc) is 3.25.